The molecular formula is C18H22N2O5S. The van der Waals surface area contributed by atoms with E-state index in [1.807, 2.05) is 31.2 Å². The molecule has 0 aliphatic rings. The highest BCUT2D eigenvalue weighted by molar-refractivity contribution is 7.89. The van der Waals surface area contributed by atoms with Crippen molar-refractivity contribution in [2.24, 2.45) is 0 Å². The van der Waals surface area contributed by atoms with Crippen LogP contribution in [0.15, 0.2) is 53.4 Å². The van der Waals surface area contributed by atoms with Gasteiger partial charge < -0.3 is 10.1 Å². The van der Waals surface area contributed by atoms with Crippen LogP contribution in [0.5, 0.6) is 5.75 Å². The summed E-state index contributed by atoms with van der Waals surface area (Å²) in [6, 6.07) is 13.3. The normalized spacial score (nSPS) is 11.4. The van der Waals surface area contributed by atoms with Crippen LogP contribution in [0, 0.1) is 6.92 Å². The minimum Gasteiger partial charge on any atom is -0.492 e. The lowest BCUT2D eigenvalue weighted by Crippen LogP contribution is -2.28. The minimum atomic E-state index is -3.73. The predicted octanol–water partition coefficient (Wildman–Crippen LogP) is 1.99. The van der Waals surface area contributed by atoms with Crippen LogP contribution in [-0.2, 0) is 14.9 Å². The number of aryl methyl sites for hydroxylation is 1. The lowest BCUT2D eigenvalue weighted by molar-refractivity contribution is -0.0258. The number of ether oxygens (including phenoxy) is 1. The average Bonchev–Trinajstić information content (AvgIpc) is 2.64. The van der Waals surface area contributed by atoms with E-state index in [4.69, 9.17) is 9.57 Å². The van der Waals surface area contributed by atoms with Crippen LogP contribution in [0.3, 0.4) is 0 Å². The molecule has 2 aromatic rings. The van der Waals surface area contributed by atoms with E-state index >= 15 is 0 Å². The molecular weight excluding hydrogens is 356 g/mol. The Kier molecular flexibility index (Phi) is 6.73. The number of carbonyl (C=O) groups is 1. The van der Waals surface area contributed by atoms with E-state index < -0.39 is 10.0 Å². The summed E-state index contributed by atoms with van der Waals surface area (Å²) < 4.78 is 30.5. The topological polar surface area (TPSA) is 84.9 Å². The van der Waals surface area contributed by atoms with Gasteiger partial charge in [-0.15, -0.1) is 0 Å². The van der Waals surface area contributed by atoms with Crippen molar-refractivity contribution >= 4 is 15.9 Å². The second-order valence-corrected chi connectivity index (χ2v) is 7.48. The zero-order valence-corrected chi connectivity index (χ0v) is 15.7. The molecule has 26 heavy (non-hydrogen) atoms. The smallest absolute Gasteiger partial charge is 0.264 e. The fourth-order valence-corrected chi connectivity index (χ4v) is 3.14. The van der Waals surface area contributed by atoms with Gasteiger partial charge in [0.2, 0.25) is 0 Å². The number of rotatable bonds is 8. The van der Waals surface area contributed by atoms with E-state index in [0.717, 1.165) is 15.8 Å². The van der Waals surface area contributed by atoms with Gasteiger partial charge in [-0.3, -0.25) is 9.63 Å². The third kappa shape index (κ3) is 5.04. The molecule has 1 N–H and O–H groups in total. The number of hydrogen-bond donors (Lipinski definition) is 1. The molecule has 0 fully saturated rings. The van der Waals surface area contributed by atoms with Crippen molar-refractivity contribution in [2.45, 2.75) is 11.8 Å². The quantitative estimate of drug-likeness (QED) is 0.561. The third-order valence-corrected chi connectivity index (χ3v) is 5.35. The summed E-state index contributed by atoms with van der Waals surface area (Å²) in [7, 11) is -1.17. The molecule has 1 amide bonds. The molecule has 0 unspecified atom stereocenters. The summed E-state index contributed by atoms with van der Waals surface area (Å²) in [5.74, 6) is 0.443. The van der Waals surface area contributed by atoms with Crippen LogP contribution >= 0.6 is 0 Å². The van der Waals surface area contributed by atoms with Gasteiger partial charge in [0.15, 0.2) is 0 Å². The number of sulfonamides is 1. The largest absolute Gasteiger partial charge is 0.492 e. The van der Waals surface area contributed by atoms with E-state index in [-0.39, 0.29) is 10.8 Å². The zero-order chi connectivity index (χ0) is 19.2. The summed E-state index contributed by atoms with van der Waals surface area (Å²) in [5, 5.41) is 2.73. The van der Waals surface area contributed by atoms with Gasteiger partial charge in [0.05, 0.1) is 18.6 Å². The molecule has 0 heterocycles. The number of hydrogen-bond acceptors (Lipinski definition) is 5. The van der Waals surface area contributed by atoms with E-state index in [1.54, 1.807) is 0 Å². The molecule has 0 bridgehead atoms. The zero-order valence-electron chi connectivity index (χ0n) is 14.9. The molecule has 0 atom stereocenters. The lowest BCUT2D eigenvalue weighted by Gasteiger charge is -2.14. The first-order chi connectivity index (χ1) is 12.3. The van der Waals surface area contributed by atoms with Crippen molar-refractivity contribution in [3.05, 3.63) is 59.7 Å². The lowest BCUT2D eigenvalue weighted by atomic mass is 10.2. The first-order valence-electron chi connectivity index (χ1n) is 7.95. The number of carbonyl (C=O) groups excluding carboxylic acids is 1. The van der Waals surface area contributed by atoms with E-state index in [0.29, 0.717) is 18.7 Å². The fourth-order valence-electron chi connectivity index (χ4n) is 2.17. The van der Waals surface area contributed by atoms with Gasteiger partial charge in [0.1, 0.15) is 12.4 Å². The van der Waals surface area contributed by atoms with Crippen molar-refractivity contribution in [1.29, 1.82) is 0 Å². The second-order valence-electron chi connectivity index (χ2n) is 5.54. The minimum absolute atomic E-state index is 0.0428. The van der Waals surface area contributed by atoms with Crippen molar-refractivity contribution in [3.8, 4) is 5.75 Å². The Morgan fingerprint density at radius 1 is 1.15 bits per heavy atom. The molecule has 0 aliphatic carbocycles. The molecule has 2 aromatic carbocycles. The van der Waals surface area contributed by atoms with Gasteiger partial charge in [-0.05, 0) is 48.9 Å². The Bertz CT molecular complexity index is 850. The number of nitrogens with one attached hydrogen (secondary N) is 1. The van der Waals surface area contributed by atoms with E-state index in [2.05, 4.69) is 5.32 Å². The maximum atomic E-state index is 12.1. The van der Waals surface area contributed by atoms with Gasteiger partial charge in [-0.25, -0.2) is 8.42 Å². The monoisotopic (exact) mass is 378 g/mol. The summed E-state index contributed by atoms with van der Waals surface area (Å²) >= 11 is 0. The van der Waals surface area contributed by atoms with Crippen molar-refractivity contribution in [2.75, 3.05) is 27.3 Å². The highest BCUT2D eigenvalue weighted by Crippen LogP contribution is 2.15. The Hall–Kier alpha value is -2.42. The molecule has 0 aromatic heterocycles. The maximum Gasteiger partial charge on any atom is 0.264 e. The molecule has 2 rings (SSSR count). The van der Waals surface area contributed by atoms with Gasteiger partial charge in [0.25, 0.3) is 15.9 Å². The summed E-state index contributed by atoms with van der Waals surface area (Å²) in [6.45, 7) is 2.64. The number of amides is 1. The summed E-state index contributed by atoms with van der Waals surface area (Å²) in [6.07, 6.45) is 0. The molecule has 0 radical (unpaired) electrons. The van der Waals surface area contributed by atoms with Crippen LogP contribution in [0.4, 0.5) is 0 Å². The number of hydroxylamine groups is 1. The van der Waals surface area contributed by atoms with Crippen molar-refractivity contribution < 1.29 is 22.8 Å². The van der Waals surface area contributed by atoms with Crippen LogP contribution in [0.1, 0.15) is 15.9 Å². The van der Waals surface area contributed by atoms with Crippen LogP contribution in [-0.4, -0.2) is 46.1 Å². The molecule has 8 heteroatoms. The van der Waals surface area contributed by atoms with Gasteiger partial charge >= 0.3 is 0 Å². The molecule has 0 saturated carbocycles. The van der Waals surface area contributed by atoms with E-state index in [9.17, 15) is 13.2 Å². The Balaban J connectivity index is 1.88. The molecule has 0 aliphatic heterocycles. The first kappa shape index (κ1) is 19.9. The van der Waals surface area contributed by atoms with Gasteiger partial charge in [0, 0.05) is 12.6 Å². The Morgan fingerprint density at radius 2 is 1.85 bits per heavy atom. The third-order valence-electron chi connectivity index (χ3n) is 3.66. The van der Waals surface area contributed by atoms with Crippen LogP contribution in [0.25, 0.3) is 0 Å². The van der Waals surface area contributed by atoms with Crippen molar-refractivity contribution in [1.82, 2.24) is 9.79 Å². The number of nitrogens with zero attached hydrogens (tertiary/aromatic N) is 1. The highest BCUT2D eigenvalue weighted by Gasteiger charge is 2.20. The average molecular weight is 378 g/mol. The predicted molar refractivity (Wildman–Crippen MR) is 97.4 cm³/mol. The second kappa shape index (κ2) is 8.79. The standard InChI is InChI=1S/C18H22N2O5S/c1-14-5-4-6-16(13-14)25-12-11-19-18(21)15-7-9-17(10-8-15)26(22,23)20(2)24-3/h4-10,13H,11-12H2,1-3H3,(H,19,21). The van der Waals surface area contributed by atoms with Gasteiger partial charge in [-0.1, -0.05) is 16.6 Å². The first-order valence-corrected chi connectivity index (χ1v) is 9.39. The molecule has 0 saturated heterocycles. The molecule has 0 spiro atoms. The SMILES string of the molecule is CON(C)S(=O)(=O)c1ccc(C(=O)NCCOc2cccc(C)c2)cc1. The van der Waals surface area contributed by atoms with Crippen LogP contribution in [0.2, 0.25) is 0 Å². The maximum absolute atomic E-state index is 12.1. The Labute approximate surface area is 153 Å². The fraction of sp³-hybridized carbons (Fsp3) is 0.278. The summed E-state index contributed by atoms with van der Waals surface area (Å²) in [4.78, 5) is 16.9. The summed E-state index contributed by atoms with van der Waals surface area (Å²) in [5.41, 5.74) is 1.46. The van der Waals surface area contributed by atoms with E-state index in [1.165, 1.54) is 38.4 Å². The number of benzene rings is 2. The molecule has 7 nitrogen and oxygen atoms in total. The molecule has 140 valence electrons. The highest BCUT2D eigenvalue weighted by atomic mass is 32.2. The van der Waals surface area contributed by atoms with Crippen LogP contribution < -0.4 is 10.1 Å². The van der Waals surface area contributed by atoms with Crippen molar-refractivity contribution in [3.63, 3.8) is 0 Å². The Morgan fingerprint density at radius 3 is 2.46 bits per heavy atom. The van der Waals surface area contributed by atoms with Gasteiger partial charge in [-0.2, -0.15) is 0 Å².